The lowest BCUT2D eigenvalue weighted by molar-refractivity contribution is -0.384. The zero-order valence-corrected chi connectivity index (χ0v) is 19.2. The number of rotatable bonds is 5. The Kier molecular flexibility index (Phi) is 5.39. The molecule has 0 aliphatic rings. The topological polar surface area (TPSA) is 94.2 Å². The van der Waals surface area contributed by atoms with Crippen molar-refractivity contribution >= 4 is 44.0 Å². The molecule has 5 aromatic rings. The van der Waals surface area contributed by atoms with Gasteiger partial charge in [-0.25, -0.2) is 9.97 Å². The number of benzene rings is 3. The fourth-order valence-corrected chi connectivity index (χ4v) is 4.89. The van der Waals surface area contributed by atoms with Crippen LogP contribution >= 0.6 is 11.3 Å². The zero-order chi connectivity index (χ0) is 23.8. The van der Waals surface area contributed by atoms with Crippen LogP contribution in [0.3, 0.4) is 0 Å². The van der Waals surface area contributed by atoms with Crippen LogP contribution in [0, 0.1) is 24.0 Å². The molecule has 0 spiro atoms. The first kappa shape index (κ1) is 21.5. The quantitative estimate of drug-likeness (QED) is 0.233. The van der Waals surface area contributed by atoms with Gasteiger partial charge in [-0.05, 0) is 61.4 Å². The summed E-state index contributed by atoms with van der Waals surface area (Å²) < 4.78 is 2.49. The summed E-state index contributed by atoms with van der Waals surface area (Å²) in [7, 11) is 0. The first-order chi connectivity index (χ1) is 16.4. The molecule has 8 nitrogen and oxygen atoms in total. The number of anilines is 2. The van der Waals surface area contributed by atoms with Gasteiger partial charge in [0.1, 0.15) is 5.69 Å². The number of hydrogen-bond donors (Lipinski definition) is 0. The number of hydrogen-bond acceptors (Lipinski definition) is 6. The standard InChI is InChI=1S/C25H19N5O3S/c1-16-11-17(2)13-19(12-16)29(25-27-20-5-3-4-6-23(20)34-25)24(31)18-7-8-21(22(14-18)30(32)33)28-10-9-26-15-28/h3-15H,1-2H3. The Morgan fingerprint density at radius 2 is 1.82 bits per heavy atom. The van der Waals surface area contributed by atoms with E-state index in [1.54, 1.807) is 22.9 Å². The van der Waals surface area contributed by atoms with Crippen molar-refractivity contribution < 1.29 is 9.72 Å². The third-order valence-electron chi connectivity index (χ3n) is 5.34. The molecule has 2 aromatic heterocycles. The first-order valence-electron chi connectivity index (χ1n) is 10.5. The highest BCUT2D eigenvalue weighted by Gasteiger charge is 2.26. The molecule has 0 N–H and O–H groups in total. The van der Waals surface area contributed by atoms with Gasteiger partial charge >= 0.3 is 0 Å². The van der Waals surface area contributed by atoms with Crippen molar-refractivity contribution in [2.75, 3.05) is 4.90 Å². The molecule has 0 saturated carbocycles. The van der Waals surface area contributed by atoms with Gasteiger partial charge in [0.25, 0.3) is 11.6 Å². The highest BCUT2D eigenvalue weighted by Crippen LogP contribution is 2.36. The van der Waals surface area contributed by atoms with Gasteiger partial charge in [-0.2, -0.15) is 0 Å². The molecule has 34 heavy (non-hydrogen) atoms. The number of amides is 1. The summed E-state index contributed by atoms with van der Waals surface area (Å²) in [5.74, 6) is -0.399. The fraction of sp³-hybridized carbons (Fsp3) is 0.0800. The lowest BCUT2D eigenvalue weighted by Gasteiger charge is -2.21. The smallest absolute Gasteiger partial charge is 0.294 e. The van der Waals surface area contributed by atoms with Crippen molar-refractivity contribution in [3.63, 3.8) is 0 Å². The Hall–Kier alpha value is -4.37. The van der Waals surface area contributed by atoms with Crippen LogP contribution < -0.4 is 4.90 Å². The number of imidazole rings is 1. The normalized spacial score (nSPS) is 11.0. The molecule has 0 bridgehead atoms. The van der Waals surface area contributed by atoms with E-state index < -0.39 is 10.8 Å². The van der Waals surface area contributed by atoms with Crippen molar-refractivity contribution in [2.24, 2.45) is 0 Å². The van der Waals surface area contributed by atoms with Crippen molar-refractivity contribution in [3.05, 3.63) is 106 Å². The number of nitrogens with zero attached hydrogens (tertiary/aromatic N) is 5. The van der Waals surface area contributed by atoms with E-state index in [2.05, 4.69) is 9.97 Å². The predicted octanol–water partition coefficient (Wildman–Crippen LogP) is 5.99. The Labute approximate surface area is 198 Å². The Bertz CT molecular complexity index is 1490. The van der Waals surface area contributed by atoms with E-state index in [9.17, 15) is 14.9 Å². The minimum atomic E-state index is -0.495. The van der Waals surface area contributed by atoms with Crippen LogP contribution in [-0.2, 0) is 0 Å². The van der Waals surface area contributed by atoms with Gasteiger partial charge in [-0.1, -0.05) is 29.5 Å². The fourth-order valence-electron chi connectivity index (χ4n) is 3.90. The maximum Gasteiger partial charge on any atom is 0.294 e. The number of aromatic nitrogens is 3. The molecule has 0 aliphatic heterocycles. The SMILES string of the molecule is Cc1cc(C)cc(N(C(=O)c2ccc(-n3ccnc3)c([N+](=O)[O-])c2)c2nc3ccccc3s2)c1. The van der Waals surface area contributed by atoms with Crippen molar-refractivity contribution in [3.8, 4) is 5.69 Å². The van der Waals surface area contributed by atoms with Gasteiger partial charge in [0, 0.05) is 24.0 Å². The third kappa shape index (κ3) is 3.93. The molecule has 9 heteroatoms. The molecule has 0 aliphatic carbocycles. The second-order valence-electron chi connectivity index (χ2n) is 7.88. The second kappa shape index (κ2) is 8.53. The summed E-state index contributed by atoms with van der Waals surface area (Å²) in [6.07, 6.45) is 4.64. The summed E-state index contributed by atoms with van der Waals surface area (Å²) in [6.45, 7) is 3.92. The van der Waals surface area contributed by atoms with Crippen LogP contribution in [0.2, 0.25) is 0 Å². The molecular formula is C25H19N5O3S. The Balaban J connectivity index is 1.66. The van der Waals surface area contributed by atoms with Crippen LogP contribution in [0.25, 0.3) is 15.9 Å². The van der Waals surface area contributed by atoms with Gasteiger partial charge in [0.15, 0.2) is 5.13 Å². The van der Waals surface area contributed by atoms with Crippen LogP contribution in [0.4, 0.5) is 16.5 Å². The Morgan fingerprint density at radius 3 is 2.50 bits per heavy atom. The van der Waals surface area contributed by atoms with E-state index >= 15 is 0 Å². The maximum atomic E-state index is 13.9. The number of fused-ring (bicyclic) bond motifs is 1. The number of nitro benzene ring substituents is 1. The van der Waals surface area contributed by atoms with Gasteiger partial charge in [0.2, 0.25) is 0 Å². The van der Waals surface area contributed by atoms with Crippen molar-refractivity contribution in [2.45, 2.75) is 13.8 Å². The van der Waals surface area contributed by atoms with Crippen LogP contribution in [-0.4, -0.2) is 25.4 Å². The summed E-state index contributed by atoms with van der Waals surface area (Å²) >= 11 is 1.39. The van der Waals surface area contributed by atoms with Crippen molar-refractivity contribution in [1.29, 1.82) is 0 Å². The lowest BCUT2D eigenvalue weighted by Crippen LogP contribution is -2.26. The zero-order valence-electron chi connectivity index (χ0n) is 18.4. The number of para-hydroxylation sites is 1. The van der Waals surface area contributed by atoms with E-state index in [1.807, 2.05) is 56.3 Å². The van der Waals surface area contributed by atoms with Gasteiger partial charge in [-0.3, -0.25) is 19.8 Å². The monoisotopic (exact) mass is 469 g/mol. The van der Waals surface area contributed by atoms with Gasteiger partial charge in [-0.15, -0.1) is 0 Å². The number of thiazole rings is 1. The number of carbonyl (C=O) groups excluding carboxylic acids is 1. The molecule has 0 atom stereocenters. The van der Waals surface area contributed by atoms with Crippen LogP contribution in [0.1, 0.15) is 21.5 Å². The van der Waals surface area contributed by atoms with E-state index in [0.29, 0.717) is 16.5 Å². The molecule has 0 radical (unpaired) electrons. The highest BCUT2D eigenvalue weighted by atomic mass is 32.1. The van der Waals surface area contributed by atoms with E-state index in [0.717, 1.165) is 21.3 Å². The Morgan fingerprint density at radius 1 is 1.06 bits per heavy atom. The molecule has 5 rings (SSSR count). The summed E-state index contributed by atoms with van der Waals surface area (Å²) in [4.78, 5) is 35.4. The largest absolute Gasteiger partial charge is 0.300 e. The molecular weight excluding hydrogens is 450 g/mol. The van der Waals surface area contributed by atoms with Crippen molar-refractivity contribution in [1.82, 2.24) is 14.5 Å². The van der Waals surface area contributed by atoms with Gasteiger partial charge in [0.05, 0.1) is 27.2 Å². The minimum absolute atomic E-state index is 0.187. The lowest BCUT2D eigenvalue weighted by atomic mass is 10.1. The molecule has 0 unspecified atom stereocenters. The molecule has 168 valence electrons. The summed E-state index contributed by atoms with van der Waals surface area (Å²) in [5, 5.41) is 12.3. The van der Waals surface area contributed by atoms with E-state index in [1.165, 1.54) is 34.8 Å². The predicted molar refractivity (Wildman–Crippen MR) is 132 cm³/mol. The first-order valence-corrected chi connectivity index (χ1v) is 11.3. The average molecular weight is 470 g/mol. The molecule has 2 heterocycles. The number of nitro groups is 1. The number of carbonyl (C=O) groups is 1. The molecule has 0 fully saturated rings. The maximum absolute atomic E-state index is 13.9. The number of aryl methyl sites for hydroxylation is 2. The second-order valence-corrected chi connectivity index (χ2v) is 8.89. The highest BCUT2D eigenvalue weighted by molar-refractivity contribution is 7.22. The summed E-state index contributed by atoms with van der Waals surface area (Å²) in [6, 6.07) is 18.0. The molecule has 3 aromatic carbocycles. The molecule has 0 saturated heterocycles. The third-order valence-corrected chi connectivity index (χ3v) is 6.36. The van der Waals surface area contributed by atoms with Gasteiger partial charge < -0.3 is 4.57 Å². The average Bonchev–Trinajstić information content (AvgIpc) is 3.48. The van der Waals surface area contributed by atoms with Crippen LogP contribution in [0.5, 0.6) is 0 Å². The minimum Gasteiger partial charge on any atom is -0.300 e. The summed E-state index contributed by atoms with van der Waals surface area (Å²) in [5.41, 5.74) is 3.76. The van der Waals surface area contributed by atoms with Crippen LogP contribution in [0.15, 0.2) is 79.4 Å². The van der Waals surface area contributed by atoms with E-state index in [-0.39, 0.29) is 11.3 Å². The van der Waals surface area contributed by atoms with E-state index in [4.69, 9.17) is 0 Å². The molecule has 1 amide bonds.